The number of anilines is 1. The summed E-state index contributed by atoms with van der Waals surface area (Å²) in [6.45, 7) is 4.31. The smallest absolute Gasteiger partial charge is 0.291 e. The monoisotopic (exact) mass is 513 g/mol. The molecule has 184 valence electrons. The van der Waals surface area contributed by atoms with Gasteiger partial charge >= 0.3 is 0 Å². The van der Waals surface area contributed by atoms with Crippen LogP contribution in [0.4, 0.5) is 14.5 Å². The summed E-state index contributed by atoms with van der Waals surface area (Å²) in [5.74, 6) is 0. The number of rotatable bonds is 8. The summed E-state index contributed by atoms with van der Waals surface area (Å²) in [6.07, 6.45) is 0.271. The summed E-state index contributed by atoms with van der Waals surface area (Å²) < 4.78 is 62.3. The minimum atomic E-state index is -3.83. The summed E-state index contributed by atoms with van der Waals surface area (Å²) in [5.41, 5.74) is 1.22. The molecule has 1 saturated heterocycles. The first kappa shape index (κ1) is 23.5. The van der Waals surface area contributed by atoms with Gasteiger partial charge in [-0.15, -0.1) is 10.2 Å². The van der Waals surface area contributed by atoms with Crippen molar-refractivity contribution in [2.45, 2.75) is 42.7 Å². The van der Waals surface area contributed by atoms with Crippen molar-refractivity contribution in [3.05, 3.63) is 23.5 Å². The Bertz CT molecular complexity index is 1300. The second kappa shape index (κ2) is 8.75. The maximum Gasteiger partial charge on any atom is 0.291 e. The zero-order valence-electron chi connectivity index (χ0n) is 18.7. The molecule has 1 aliphatic carbocycles. The second-order valence-corrected chi connectivity index (χ2v) is 11.5. The molecule has 14 heteroatoms. The van der Waals surface area contributed by atoms with Gasteiger partial charge in [-0.25, -0.2) is 26.9 Å². The predicted octanol–water partition coefficient (Wildman–Crippen LogP) is 2.07. The molecule has 1 atom stereocenters. The van der Waals surface area contributed by atoms with Gasteiger partial charge in [0.1, 0.15) is 11.8 Å². The maximum atomic E-state index is 13.3. The van der Waals surface area contributed by atoms with Crippen molar-refractivity contribution in [3.8, 4) is 5.13 Å². The molecule has 1 aliphatic heterocycles. The molecule has 1 saturated carbocycles. The Hall–Kier alpha value is -2.26. The molecular weight excluding hydrogens is 488 g/mol. The summed E-state index contributed by atoms with van der Waals surface area (Å²) in [7, 11) is -2.20. The molecule has 1 aromatic carbocycles. The number of halogens is 2. The van der Waals surface area contributed by atoms with E-state index in [1.807, 2.05) is 6.92 Å². The predicted molar refractivity (Wildman–Crippen MR) is 123 cm³/mol. The van der Waals surface area contributed by atoms with Crippen LogP contribution in [-0.4, -0.2) is 73.1 Å². The Morgan fingerprint density at radius 1 is 1.35 bits per heavy atom. The Labute approximate surface area is 199 Å². The van der Waals surface area contributed by atoms with Crippen LogP contribution in [0.5, 0.6) is 0 Å². The van der Waals surface area contributed by atoms with Crippen LogP contribution in [0.1, 0.15) is 31.2 Å². The number of benzene rings is 1. The lowest BCUT2D eigenvalue weighted by molar-refractivity contribution is 0.150. The number of methoxy groups -OCH3 is 1. The molecule has 0 amide bonds. The summed E-state index contributed by atoms with van der Waals surface area (Å²) in [5, 5.41) is 10.6. The SMILES string of the molecule is COC[C@H]1CN(c2cc(S(=O)(=O)NC3(C)CC3)cc3c2ncn3-c2nnc(C(F)F)s2)CCN1. The molecule has 2 aromatic heterocycles. The van der Waals surface area contributed by atoms with Gasteiger partial charge in [-0.05, 0) is 31.9 Å². The molecule has 0 bridgehead atoms. The highest BCUT2D eigenvalue weighted by Crippen LogP contribution is 2.38. The molecule has 2 fully saturated rings. The van der Waals surface area contributed by atoms with Crippen molar-refractivity contribution < 1.29 is 21.9 Å². The maximum absolute atomic E-state index is 13.3. The third kappa shape index (κ3) is 4.52. The highest BCUT2D eigenvalue weighted by atomic mass is 32.2. The number of alkyl halides is 2. The lowest BCUT2D eigenvalue weighted by Gasteiger charge is -2.35. The molecule has 0 unspecified atom stereocenters. The number of nitrogens with zero attached hydrogens (tertiary/aromatic N) is 5. The lowest BCUT2D eigenvalue weighted by atomic mass is 10.1. The molecule has 34 heavy (non-hydrogen) atoms. The molecule has 10 nitrogen and oxygen atoms in total. The van der Waals surface area contributed by atoms with E-state index in [0.29, 0.717) is 43.0 Å². The van der Waals surface area contributed by atoms with Crippen molar-refractivity contribution in [2.75, 3.05) is 38.3 Å². The lowest BCUT2D eigenvalue weighted by Crippen LogP contribution is -2.52. The van der Waals surface area contributed by atoms with Crippen LogP contribution in [0.2, 0.25) is 0 Å². The highest BCUT2D eigenvalue weighted by Gasteiger charge is 2.41. The molecular formula is C20H25F2N7O3S2. The Kier molecular flexibility index (Phi) is 6.04. The highest BCUT2D eigenvalue weighted by molar-refractivity contribution is 7.89. The minimum Gasteiger partial charge on any atom is -0.383 e. The van der Waals surface area contributed by atoms with Gasteiger partial charge in [0.25, 0.3) is 6.43 Å². The summed E-state index contributed by atoms with van der Waals surface area (Å²) >= 11 is 0.741. The van der Waals surface area contributed by atoms with Crippen LogP contribution in [0.3, 0.4) is 0 Å². The first-order valence-electron chi connectivity index (χ1n) is 10.8. The number of ether oxygens (including phenoxy) is 1. The van der Waals surface area contributed by atoms with E-state index in [1.54, 1.807) is 13.2 Å². The topological polar surface area (TPSA) is 114 Å². The molecule has 5 rings (SSSR count). The zero-order chi connectivity index (χ0) is 24.1. The van der Waals surface area contributed by atoms with Crippen molar-refractivity contribution in [1.82, 2.24) is 29.8 Å². The second-order valence-electron chi connectivity index (χ2n) is 8.87. The minimum absolute atomic E-state index is 0.0661. The fourth-order valence-corrected chi connectivity index (χ4v) is 6.25. The Balaban J connectivity index is 1.63. The van der Waals surface area contributed by atoms with E-state index in [9.17, 15) is 17.2 Å². The fraction of sp³-hybridized carbons (Fsp3) is 0.550. The Morgan fingerprint density at radius 3 is 2.82 bits per heavy atom. The third-order valence-electron chi connectivity index (χ3n) is 6.08. The number of fused-ring (bicyclic) bond motifs is 1. The van der Waals surface area contributed by atoms with Crippen LogP contribution >= 0.6 is 11.3 Å². The van der Waals surface area contributed by atoms with Gasteiger partial charge in [-0.1, -0.05) is 11.3 Å². The molecule has 0 spiro atoms. The van der Waals surface area contributed by atoms with Gasteiger partial charge < -0.3 is 15.0 Å². The van der Waals surface area contributed by atoms with Gasteiger partial charge in [-0.2, -0.15) is 0 Å². The van der Waals surface area contributed by atoms with Crippen LogP contribution in [0.15, 0.2) is 23.4 Å². The van der Waals surface area contributed by atoms with Crippen LogP contribution < -0.4 is 14.9 Å². The van der Waals surface area contributed by atoms with Crippen molar-refractivity contribution in [2.24, 2.45) is 0 Å². The van der Waals surface area contributed by atoms with Gasteiger partial charge in [0.05, 0.1) is 22.7 Å². The number of hydrogen-bond donors (Lipinski definition) is 2. The molecule has 3 aromatic rings. The van der Waals surface area contributed by atoms with E-state index in [2.05, 4.69) is 30.1 Å². The van der Waals surface area contributed by atoms with Crippen LogP contribution in [-0.2, 0) is 14.8 Å². The van der Waals surface area contributed by atoms with Crippen molar-refractivity contribution >= 4 is 38.1 Å². The van der Waals surface area contributed by atoms with Crippen LogP contribution in [0.25, 0.3) is 16.2 Å². The first-order valence-corrected chi connectivity index (χ1v) is 13.1. The third-order valence-corrected chi connectivity index (χ3v) is 8.63. The summed E-state index contributed by atoms with van der Waals surface area (Å²) in [6, 6.07) is 3.21. The number of sulfonamides is 1. The average Bonchev–Trinajstić information content (AvgIpc) is 3.18. The quantitative estimate of drug-likeness (QED) is 0.471. The number of aromatic nitrogens is 4. The number of nitrogens with one attached hydrogen (secondary N) is 2. The van der Waals surface area contributed by atoms with E-state index >= 15 is 0 Å². The molecule has 0 radical (unpaired) electrons. The van der Waals surface area contributed by atoms with Gasteiger partial charge in [-0.3, -0.25) is 4.57 Å². The van der Waals surface area contributed by atoms with E-state index in [0.717, 1.165) is 24.2 Å². The average molecular weight is 514 g/mol. The van der Waals surface area contributed by atoms with Gasteiger partial charge in [0.15, 0.2) is 5.01 Å². The largest absolute Gasteiger partial charge is 0.383 e. The fourth-order valence-electron chi connectivity index (χ4n) is 4.06. The van der Waals surface area contributed by atoms with Gasteiger partial charge in [0.2, 0.25) is 15.2 Å². The standard InChI is InChI=1S/C20H25F2N7O3S2/c1-20(3-4-20)27-34(30,31)13-7-14(28-6-5-23-12(9-28)10-32-2)16-15(8-13)29(11-24-16)19-26-25-18(33-19)17(21)22/h7-8,11-12,17,23,27H,3-6,9-10H2,1-2H3/t12-/m1/s1. The number of imidazole rings is 1. The van der Waals surface area contributed by atoms with E-state index in [4.69, 9.17) is 4.74 Å². The molecule has 3 heterocycles. The molecule has 2 N–H and O–H groups in total. The van der Waals surface area contributed by atoms with E-state index < -0.39 is 27.0 Å². The number of piperazine rings is 1. The zero-order valence-corrected chi connectivity index (χ0v) is 20.3. The molecule has 2 aliphatic rings. The summed E-state index contributed by atoms with van der Waals surface area (Å²) in [4.78, 5) is 6.67. The first-order chi connectivity index (χ1) is 16.2. The van der Waals surface area contributed by atoms with E-state index in [-0.39, 0.29) is 16.1 Å². The Morgan fingerprint density at radius 2 is 2.15 bits per heavy atom. The van der Waals surface area contributed by atoms with Crippen molar-refractivity contribution in [1.29, 1.82) is 0 Å². The van der Waals surface area contributed by atoms with E-state index in [1.165, 1.54) is 17.0 Å². The van der Waals surface area contributed by atoms with Crippen molar-refractivity contribution in [3.63, 3.8) is 0 Å². The normalized spacial score (nSPS) is 20.4. The van der Waals surface area contributed by atoms with Gasteiger partial charge in [0, 0.05) is 38.3 Å². The number of hydrogen-bond acceptors (Lipinski definition) is 9. The van der Waals surface area contributed by atoms with Crippen LogP contribution in [0, 0.1) is 0 Å².